The number of Topliss-reactive ketones (excluding diaryl/α,β-unsaturated/α-hetero) is 2. The minimum atomic E-state index is -2.93. The number of primary amides is 1. The van der Waals surface area contributed by atoms with Crippen LogP contribution in [0.5, 0.6) is 5.75 Å². The van der Waals surface area contributed by atoms with Gasteiger partial charge in [0.05, 0.1) is 17.4 Å². The third-order valence-corrected chi connectivity index (χ3v) is 8.42. The van der Waals surface area contributed by atoms with Crippen LogP contribution in [0, 0.1) is 11.8 Å². The smallest absolute Gasteiger partial charge is 0.323 e. The number of carbonyl (C=O) groups excluding carboxylic acids is 4. The van der Waals surface area contributed by atoms with Crippen molar-refractivity contribution < 1.29 is 44.7 Å². The number of hydrogen-bond acceptors (Lipinski definition) is 9. The Bertz CT molecular complexity index is 1580. The van der Waals surface area contributed by atoms with Crippen LogP contribution in [0.1, 0.15) is 40.7 Å². The summed E-state index contributed by atoms with van der Waals surface area (Å²) < 4.78 is 0. The Labute approximate surface area is 237 Å². The Balaban J connectivity index is 1.54. The average Bonchev–Trinajstić information content (AvgIpc) is 2.92. The number of carbonyl (C=O) groups is 4. The molecule has 2 aromatic carbocycles. The molecule has 0 fully saturated rings. The topological polar surface area (TPSA) is 220 Å². The van der Waals surface area contributed by atoms with Crippen molar-refractivity contribution in [2.45, 2.75) is 36.8 Å². The summed E-state index contributed by atoms with van der Waals surface area (Å²) in [5.41, 5.74) is 1.87. The molecule has 214 valence electrons. The van der Waals surface area contributed by atoms with E-state index in [4.69, 9.17) is 17.3 Å². The molecule has 0 radical (unpaired) electrons. The Morgan fingerprint density at radius 3 is 2.34 bits per heavy atom. The Morgan fingerprint density at radius 2 is 1.73 bits per heavy atom. The lowest BCUT2D eigenvalue weighted by atomic mass is 9.56. The van der Waals surface area contributed by atoms with E-state index in [-0.39, 0.29) is 16.8 Å². The van der Waals surface area contributed by atoms with E-state index < -0.39 is 87.8 Å². The minimum absolute atomic E-state index is 0.150. The van der Waals surface area contributed by atoms with Crippen molar-refractivity contribution in [3.63, 3.8) is 0 Å². The van der Waals surface area contributed by atoms with E-state index in [0.717, 1.165) is 5.56 Å². The number of nitrogens with two attached hydrogens (primary N) is 1. The van der Waals surface area contributed by atoms with Crippen LogP contribution in [0.15, 0.2) is 59.1 Å². The third kappa shape index (κ3) is 4.14. The summed E-state index contributed by atoms with van der Waals surface area (Å²) in [7, 11) is 0. The Kier molecular flexibility index (Phi) is 6.80. The molecule has 0 aromatic heterocycles. The van der Waals surface area contributed by atoms with Crippen molar-refractivity contribution in [3.05, 3.63) is 75.8 Å². The number of aliphatic hydroxyl groups is 4. The molecule has 0 saturated carbocycles. The van der Waals surface area contributed by atoms with Gasteiger partial charge in [-0.2, -0.15) is 0 Å². The maximum absolute atomic E-state index is 13.8. The summed E-state index contributed by atoms with van der Waals surface area (Å²) in [6.45, 7) is 1.61. The second-order valence-electron chi connectivity index (χ2n) is 10.3. The first kappa shape index (κ1) is 28.1. The average molecular weight is 584 g/mol. The van der Waals surface area contributed by atoms with Gasteiger partial charge >= 0.3 is 6.03 Å². The zero-order valence-electron chi connectivity index (χ0n) is 21.5. The summed E-state index contributed by atoms with van der Waals surface area (Å²) >= 11 is 5.77. The van der Waals surface area contributed by atoms with Crippen LogP contribution in [-0.2, 0) is 15.5 Å². The van der Waals surface area contributed by atoms with Crippen molar-refractivity contribution in [2.24, 2.45) is 17.6 Å². The molecule has 0 bridgehead atoms. The van der Waals surface area contributed by atoms with Gasteiger partial charge in [0.25, 0.3) is 5.91 Å². The van der Waals surface area contributed by atoms with Crippen LogP contribution in [0.3, 0.4) is 0 Å². The van der Waals surface area contributed by atoms with E-state index in [9.17, 15) is 44.7 Å². The maximum Gasteiger partial charge on any atom is 0.323 e. The molecule has 12 nitrogen and oxygen atoms in total. The fourth-order valence-electron chi connectivity index (χ4n) is 6.06. The van der Waals surface area contributed by atoms with Crippen LogP contribution < -0.4 is 16.4 Å². The second-order valence-corrected chi connectivity index (χ2v) is 10.6. The number of amides is 3. The highest BCUT2D eigenvalue weighted by Gasteiger charge is 2.64. The fraction of sp³-hybridized carbons (Fsp3) is 0.286. The van der Waals surface area contributed by atoms with E-state index >= 15 is 0 Å². The highest BCUT2D eigenvalue weighted by Crippen LogP contribution is 2.55. The van der Waals surface area contributed by atoms with Crippen molar-refractivity contribution in [1.29, 1.82) is 0 Å². The number of nitrogens with one attached hydrogen (secondary N) is 2. The molecular weight excluding hydrogens is 558 g/mol. The van der Waals surface area contributed by atoms with Crippen LogP contribution in [-0.4, -0.2) is 60.7 Å². The molecule has 3 aliphatic carbocycles. The van der Waals surface area contributed by atoms with Crippen LogP contribution in [0.25, 0.3) is 0 Å². The largest absolute Gasteiger partial charge is 0.511 e. The van der Waals surface area contributed by atoms with E-state index in [2.05, 4.69) is 10.6 Å². The zero-order chi connectivity index (χ0) is 30.0. The second kappa shape index (κ2) is 9.91. The number of rotatable bonds is 4. The van der Waals surface area contributed by atoms with Crippen molar-refractivity contribution >= 4 is 46.5 Å². The molecule has 0 unspecified atom stereocenters. The molecule has 3 aliphatic rings. The quantitative estimate of drug-likeness (QED) is 0.150. The Morgan fingerprint density at radius 1 is 1.07 bits per heavy atom. The maximum atomic E-state index is 13.8. The summed E-state index contributed by atoms with van der Waals surface area (Å²) in [6, 6.07) is 8.79. The summed E-state index contributed by atoms with van der Waals surface area (Å²) in [6.07, 6.45) is -2.20. The van der Waals surface area contributed by atoms with Gasteiger partial charge in [0, 0.05) is 35.4 Å². The number of fused-ring (bicyclic) bond motifs is 3. The molecule has 9 N–H and O–H groups in total. The number of urea groups is 1. The zero-order valence-corrected chi connectivity index (χ0v) is 22.3. The number of aliphatic hydroxyl groups excluding tert-OH is 3. The first-order chi connectivity index (χ1) is 19.3. The van der Waals surface area contributed by atoms with E-state index in [1.54, 1.807) is 31.2 Å². The van der Waals surface area contributed by atoms with Crippen molar-refractivity contribution in [3.8, 4) is 5.75 Å². The normalized spacial score (nSPS) is 27.1. The number of phenolic OH excluding ortho intramolecular Hbond substituents is 1. The van der Waals surface area contributed by atoms with Gasteiger partial charge in [-0.1, -0.05) is 25.1 Å². The monoisotopic (exact) mass is 583 g/mol. The predicted molar refractivity (Wildman–Crippen MR) is 146 cm³/mol. The van der Waals surface area contributed by atoms with Gasteiger partial charge in [-0.05, 0) is 35.2 Å². The van der Waals surface area contributed by atoms with Crippen LogP contribution >= 0.6 is 11.6 Å². The SMILES string of the molecule is C[C@H]1c2ccc(NC(=O)Nc3ccc(CCl)cc3)c(O)c2C(=O)C2=C(O)[C@]3(O)C(=O)C(C(N)=O)=C(O)C[C@@H]3[C@@H](O)[C@@H]21. The van der Waals surface area contributed by atoms with Gasteiger partial charge in [0.1, 0.15) is 17.1 Å². The van der Waals surface area contributed by atoms with Gasteiger partial charge in [-0.25, -0.2) is 4.79 Å². The van der Waals surface area contributed by atoms with E-state index in [0.29, 0.717) is 11.6 Å². The molecular formula is C28H26ClN3O9. The lowest BCUT2D eigenvalue weighted by Crippen LogP contribution is -2.62. The number of aromatic hydroxyl groups is 1. The van der Waals surface area contributed by atoms with Gasteiger partial charge in [0.2, 0.25) is 5.78 Å². The number of anilines is 2. The molecule has 0 aliphatic heterocycles. The fourth-order valence-corrected chi connectivity index (χ4v) is 6.24. The molecule has 0 heterocycles. The molecule has 0 saturated heterocycles. The number of alkyl halides is 1. The van der Waals surface area contributed by atoms with Crippen LogP contribution in [0.4, 0.5) is 16.2 Å². The standard InChI is InChI=1S/C28H26ClN3O9/c1-10-13-6-7-15(32-27(40)31-12-4-2-11(9-29)3-5-12)22(35)18(13)23(36)20-17(10)21(34)14-8-16(33)19(26(30)39)24(37)28(14,41)25(20)38/h2-7,10,14,17,21,33-35,38,41H,8-9H2,1H3,(H2,30,39)(H2,31,32,40)/t10-,14+,17+,21+,28+/m0/s1. The summed E-state index contributed by atoms with van der Waals surface area (Å²) in [5, 5.41) is 60.3. The Hall–Kier alpha value is -4.39. The first-order valence-electron chi connectivity index (χ1n) is 12.6. The number of ketones is 2. The van der Waals surface area contributed by atoms with Gasteiger partial charge in [-0.3, -0.25) is 14.4 Å². The highest BCUT2D eigenvalue weighted by molar-refractivity contribution is 6.24. The molecule has 41 heavy (non-hydrogen) atoms. The number of benzene rings is 2. The predicted octanol–water partition coefficient (Wildman–Crippen LogP) is 2.50. The number of halogens is 1. The third-order valence-electron chi connectivity index (χ3n) is 8.11. The van der Waals surface area contributed by atoms with Gasteiger partial charge in [-0.15, -0.1) is 11.6 Å². The number of phenols is 1. The van der Waals surface area contributed by atoms with Crippen molar-refractivity contribution in [1.82, 2.24) is 0 Å². The van der Waals surface area contributed by atoms with Crippen molar-refractivity contribution in [2.75, 3.05) is 10.6 Å². The molecule has 13 heteroatoms. The molecule has 2 aromatic rings. The number of allylic oxidation sites excluding steroid dienone is 1. The van der Waals surface area contributed by atoms with Gasteiger partial charge in [0.15, 0.2) is 17.1 Å². The van der Waals surface area contributed by atoms with E-state index in [1.807, 2.05) is 0 Å². The number of hydrogen-bond donors (Lipinski definition) is 8. The lowest BCUT2D eigenvalue weighted by molar-refractivity contribution is -0.154. The molecule has 5 atom stereocenters. The summed E-state index contributed by atoms with van der Waals surface area (Å²) in [5.74, 6) is -9.40. The highest BCUT2D eigenvalue weighted by atomic mass is 35.5. The summed E-state index contributed by atoms with van der Waals surface area (Å²) in [4.78, 5) is 51.3. The lowest BCUT2D eigenvalue weighted by Gasteiger charge is -2.50. The first-order valence-corrected chi connectivity index (χ1v) is 13.1. The molecule has 3 amide bonds. The molecule has 0 spiro atoms. The van der Waals surface area contributed by atoms with Gasteiger partial charge < -0.3 is 41.9 Å². The van der Waals surface area contributed by atoms with Crippen LogP contribution in [0.2, 0.25) is 0 Å². The minimum Gasteiger partial charge on any atom is -0.511 e. The van der Waals surface area contributed by atoms with E-state index in [1.165, 1.54) is 12.1 Å². The molecule has 5 rings (SSSR count).